The molecule has 0 aliphatic rings. The highest BCUT2D eigenvalue weighted by molar-refractivity contribution is 6.31. The van der Waals surface area contributed by atoms with Crippen molar-refractivity contribution in [3.63, 3.8) is 0 Å². The van der Waals surface area contributed by atoms with Gasteiger partial charge in [-0.1, -0.05) is 30.7 Å². The lowest BCUT2D eigenvalue weighted by molar-refractivity contribution is 0.512. The van der Waals surface area contributed by atoms with Crippen molar-refractivity contribution in [3.8, 4) is 0 Å². The maximum absolute atomic E-state index is 13.6. The molecule has 0 heterocycles. The highest BCUT2D eigenvalue weighted by Gasteiger charge is 2.12. The van der Waals surface area contributed by atoms with Gasteiger partial charge in [0.2, 0.25) is 0 Å². The molecular formula is C13H17ClFN. The van der Waals surface area contributed by atoms with Gasteiger partial charge in [0.1, 0.15) is 5.82 Å². The molecule has 0 bridgehead atoms. The molecule has 16 heavy (non-hydrogen) atoms. The molecule has 0 aliphatic carbocycles. The Bertz CT molecular complexity index is 332. The monoisotopic (exact) mass is 241 g/mol. The summed E-state index contributed by atoms with van der Waals surface area (Å²) in [5.41, 5.74) is 0.581. The lowest BCUT2D eigenvalue weighted by Crippen LogP contribution is -2.30. The summed E-state index contributed by atoms with van der Waals surface area (Å²) in [6, 6.07) is 4.98. The highest BCUT2D eigenvalue weighted by Crippen LogP contribution is 2.21. The minimum Gasteiger partial charge on any atom is -0.314 e. The fourth-order valence-corrected chi connectivity index (χ4v) is 1.94. The Labute approximate surface area is 101 Å². The Kier molecular flexibility index (Phi) is 5.50. The number of halogens is 2. The third-order valence-corrected chi connectivity index (χ3v) is 2.81. The fraction of sp³-hybridized carbons (Fsp3) is 0.385. The van der Waals surface area contributed by atoms with Crippen molar-refractivity contribution in [2.45, 2.75) is 25.8 Å². The fourth-order valence-electron chi connectivity index (χ4n) is 1.70. The Morgan fingerprint density at radius 1 is 1.56 bits per heavy atom. The molecule has 1 unspecified atom stereocenters. The summed E-state index contributed by atoms with van der Waals surface area (Å²) in [4.78, 5) is 0. The van der Waals surface area contributed by atoms with Crippen molar-refractivity contribution >= 4 is 11.6 Å². The Balaban J connectivity index is 2.79. The van der Waals surface area contributed by atoms with Crippen LogP contribution in [0.5, 0.6) is 0 Å². The van der Waals surface area contributed by atoms with Crippen molar-refractivity contribution in [1.82, 2.24) is 5.32 Å². The van der Waals surface area contributed by atoms with Crippen molar-refractivity contribution in [3.05, 3.63) is 47.3 Å². The van der Waals surface area contributed by atoms with E-state index in [1.54, 1.807) is 12.1 Å². The molecule has 1 N–H and O–H groups in total. The SMILES string of the molecule is C=CCC(Cc1c(F)cccc1Cl)NCC. The van der Waals surface area contributed by atoms with E-state index in [0.29, 0.717) is 17.0 Å². The van der Waals surface area contributed by atoms with Gasteiger partial charge in [-0.15, -0.1) is 6.58 Å². The maximum atomic E-state index is 13.6. The molecule has 0 saturated heterocycles. The zero-order chi connectivity index (χ0) is 12.0. The van der Waals surface area contributed by atoms with Crippen LogP contribution in [0.3, 0.4) is 0 Å². The first-order valence-electron chi connectivity index (χ1n) is 5.46. The van der Waals surface area contributed by atoms with Gasteiger partial charge in [0.25, 0.3) is 0 Å². The predicted octanol–water partition coefficient (Wildman–Crippen LogP) is 3.58. The Morgan fingerprint density at radius 2 is 2.31 bits per heavy atom. The summed E-state index contributed by atoms with van der Waals surface area (Å²) < 4.78 is 13.6. The van der Waals surface area contributed by atoms with Gasteiger partial charge in [-0.25, -0.2) is 4.39 Å². The summed E-state index contributed by atoms with van der Waals surface area (Å²) in [7, 11) is 0. The van der Waals surface area contributed by atoms with Crippen LogP contribution >= 0.6 is 11.6 Å². The molecule has 0 radical (unpaired) electrons. The molecule has 0 amide bonds. The van der Waals surface area contributed by atoms with Crippen molar-refractivity contribution in [2.75, 3.05) is 6.54 Å². The number of rotatable bonds is 6. The van der Waals surface area contributed by atoms with Crippen LogP contribution in [0.15, 0.2) is 30.9 Å². The van der Waals surface area contributed by atoms with Crippen LogP contribution in [0.25, 0.3) is 0 Å². The molecular weight excluding hydrogens is 225 g/mol. The van der Waals surface area contributed by atoms with E-state index in [4.69, 9.17) is 11.6 Å². The first kappa shape index (κ1) is 13.2. The lowest BCUT2D eigenvalue weighted by Gasteiger charge is -2.17. The van der Waals surface area contributed by atoms with Gasteiger partial charge in [-0.2, -0.15) is 0 Å². The standard InChI is InChI=1S/C13H17ClFN/c1-3-6-10(16-4-2)9-11-12(14)7-5-8-13(11)15/h3,5,7-8,10,16H,1,4,6,9H2,2H3. The van der Waals surface area contributed by atoms with E-state index in [2.05, 4.69) is 11.9 Å². The second-order valence-electron chi connectivity index (χ2n) is 3.68. The summed E-state index contributed by atoms with van der Waals surface area (Å²) in [6.07, 6.45) is 3.23. The number of likely N-dealkylation sites (N-methyl/N-ethyl adjacent to an activating group) is 1. The first-order valence-corrected chi connectivity index (χ1v) is 5.84. The lowest BCUT2D eigenvalue weighted by atomic mass is 10.0. The van der Waals surface area contributed by atoms with Gasteiger partial charge in [0, 0.05) is 16.6 Å². The van der Waals surface area contributed by atoms with Crippen LogP contribution in [-0.2, 0) is 6.42 Å². The molecule has 1 aromatic rings. The highest BCUT2D eigenvalue weighted by atomic mass is 35.5. The quantitative estimate of drug-likeness (QED) is 0.751. The summed E-state index contributed by atoms with van der Waals surface area (Å²) in [6.45, 7) is 6.58. The number of hydrogen-bond acceptors (Lipinski definition) is 1. The van der Waals surface area contributed by atoms with Crippen molar-refractivity contribution in [1.29, 1.82) is 0 Å². The van der Waals surface area contributed by atoms with Gasteiger partial charge in [-0.05, 0) is 31.5 Å². The summed E-state index contributed by atoms with van der Waals surface area (Å²) >= 11 is 5.98. The molecule has 0 saturated carbocycles. The third kappa shape index (κ3) is 3.62. The summed E-state index contributed by atoms with van der Waals surface area (Å²) in [5.74, 6) is -0.237. The average molecular weight is 242 g/mol. The van der Waals surface area contributed by atoms with Gasteiger partial charge >= 0.3 is 0 Å². The van der Waals surface area contributed by atoms with E-state index in [9.17, 15) is 4.39 Å². The van der Waals surface area contributed by atoms with Gasteiger partial charge in [0.15, 0.2) is 0 Å². The molecule has 1 nitrogen and oxygen atoms in total. The van der Waals surface area contributed by atoms with E-state index >= 15 is 0 Å². The molecule has 0 aromatic heterocycles. The van der Waals surface area contributed by atoms with Gasteiger partial charge in [0.05, 0.1) is 0 Å². The van der Waals surface area contributed by atoms with Crippen molar-refractivity contribution in [2.24, 2.45) is 0 Å². The number of hydrogen-bond donors (Lipinski definition) is 1. The predicted molar refractivity (Wildman–Crippen MR) is 67.4 cm³/mol. The zero-order valence-electron chi connectivity index (χ0n) is 9.47. The van der Waals surface area contributed by atoms with Gasteiger partial charge < -0.3 is 5.32 Å². The molecule has 0 spiro atoms. The van der Waals surface area contributed by atoms with Crippen molar-refractivity contribution < 1.29 is 4.39 Å². The number of benzene rings is 1. The molecule has 1 atom stereocenters. The topological polar surface area (TPSA) is 12.0 Å². The molecule has 0 fully saturated rings. The van der Waals surface area contributed by atoms with Crippen LogP contribution in [0.1, 0.15) is 18.9 Å². The molecule has 88 valence electrons. The van der Waals surface area contributed by atoms with Crippen LogP contribution in [0.2, 0.25) is 5.02 Å². The van der Waals surface area contributed by atoms with Gasteiger partial charge in [-0.3, -0.25) is 0 Å². The second-order valence-corrected chi connectivity index (χ2v) is 4.09. The smallest absolute Gasteiger partial charge is 0.127 e. The largest absolute Gasteiger partial charge is 0.314 e. The average Bonchev–Trinajstić information content (AvgIpc) is 2.24. The number of nitrogens with one attached hydrogen (secondary N) is 1. The Morgan fingerprint density at radius 3 is 2.88 bits per heavy atom. The van der Waals surface area contributed by atoms with Crippen LogP contribution in [-0.4, -0.2) is 12.6 Å². The van der Waals surface area contributed by atoms with E-state index in [-0.39, 0.29) is 11.9 Å². The molecule has 0 aliphatic heterocycles. The van der Waals surface area contributed by atoms with E-state index in [1.807, 2.05) is 13.0 Å². The van der Waals surface area contributed by atoms with Crippen LogP contribution < -0.4 is 5.32 Å². The Hall–Kier alpha value is -0.860. The molecule has 3 heteroatoms. The zero-order valence-corrected chi connectivity index (χ0v) is 10.2. The minimum atomic E-state index is -0.237. The molecule has 1 rings (SSSR count). The van der Waals surface area contributed by atoms with E-state index in [0.717, 1.165) is 13.0 Å². The van der Waals surface area contributed by atoms with E-state index in [1.165, 1.54) is 6.07 Å². The normalized spacial score (nSPS) is 12.4. The first-order chi connectivity index (χ1) is 7.69. The third-order valence-electron chi connectivity index (χ3n) is 2.46. The van der Waals surface area contributed by atoms with Crippen LogP contribution in [0.4, 0.5) is 4.39 Å². The molecule has 1 aromatic carbocycles. The summed E-state index contributed by atoms with van der Waals surface area (Å²) in [5, 5.41) is 3.78. The van der Waals surface area contributed by atoms with E-state index < -0.39 is 0 Å². The maximum Gasteiger partial charge on any atom is 0.127 e. The second kappa shape index (κ2) is 6.66. The minimum absolute atomic E-state index is 0.192. The van der Waals surface area contributed by atoms with Crippen LogP contribution in [0, 0.1) is 5.82 Å².